The standard InChI is InChI=1S/C20H23FN4O/c1-24-13-15(12-22-24)14-25-10-4-2-3-5-19(25)18-11-20(26-23-18)16-6-8-17(21)9-7-16/h6-9,11-13,19H,2-5,10,14H2,1H3/t19-/m1/s1. The van der Waals surface area contributed by atoms with Crippen molar-refractivity contribution in [3.63, 3.8) is 0 Å². The maximum absolute atomic E-state index is 13.1. The van der Waals surface area contributed by atoms with Gasteiger partial charge in [-0.05, 0) is 43.7 Å². The minimum atomic E-state index is -0.250. The smallest absolute Gasteiger partial charge is 0.167 e. The summed E-state index contributed by atoms with van der Waals surface area (Å²) < 4.78 is 20.6. The van der Waals surface area contributed by atoms with E-state index in [9.17, 15) is 4.39 Å². The Labute approximate surface area is 152 Å². The molecule has 3 aromatic rings. The molecule has 0 radical (unpaired) electrons. The number of halogens is 1. The molecule has 1 saturated heterocycles. The molecule has 0 spiro atoms. The molecule has 6 heteroatoms. The highest BCUT2D eigenvalue weighted by molar-refractivity contribution is 5.57. The Morgan fingerprint density at radius 1 is 1.19 bits per heavy atom. The highest BCUT2D eigenvalue weighted by atomic mass is 19.1. The van der Waals surface area contributed by atoms with Gasteiger partial charge in [-0.15, -0.1) is 0 Å². The summed E-state index contributed by atoms with van der Waals surface area (Å²) in [6.45, 7) is 1.90. The van der Waals surface area contributed by atoms with E-state index in [0.29, 0.717) is 5.76 Å². The Hall–Kier alpha value is -2.47. The largest absolute Gasteiger partial charge is 0.356 e. The molecule has 2 aromatic heterocycles. The third-order valence-corrected chi connectivity index (χ3v) is 5.01. The summed E-state index contributed by atoms with van der Waals surface area (Å²) >= 11 is 0. The first-order valence-corrected chi connectivity index (χ1v) is 9.13. The number of hydrogen-bond donors (Lipinski definition) is 0. The number of rotatable bonds is 4. The van der Waals surface area contributed by atoms with Crippen molar-refractivity contribution in [1.29, 1.82) is 0 Å². The van der Waals surface area contributed by atoms with Crippen molar-refractivity contribution < 1.29 is 8.91 Å². The van der Waals surface area contributed by atoms with Crippen molar-refractivity contribution in [1.82, 2.24) is 19.8 Å². The van der Waals surface area contributed by atoms with Gasteiger partial charge in [0.05, 0.1) is 12.2 Å². The van der Waals surface area contributed by atoms with Crippen molar-refractivity contribution in [3.8, 4) is 11.3 Å². The van der Waals surface area contributed by atoms with Crippen molar-refractivity contribution in [2.45, 2.75) is 38.3 Å². The lowest BCUT2D eigenvalue weighted by Crippen LogP contribution is -2.28. The predicted molar refractivity (Wildman–Crippen MR) is 96.7 cm³/mol. The van der Waals surface area contributed by atoms with E-state index in [-0.39, 0.29) is 11.9 Å². The summed E-state index contributed by atoms with van der Waals surface area (Å²) in [6, 6.07) is 8.56. The lowest BCUT2D eigenvalue weighted by atomic mass is 10.0. The Morgan fingerprint density at radius 3 is 2.81 bits per heavy atom. The molecule has 0 saturated carbocycles. The van der Waals surface area contributed by atoms with E-state index in [0.717, 1.165) is 30.8 Å². The third kappa shape index (κ3) is 3.70. The van der Waals surface area contributed by atoms with Gasteiger partial charge in [0, 0.05) is 37.0 Å². The van der Waals surface area contributed by atoms with Gasteiger partial charge in [0.15, 0.2) is 5.76 Å². The van der Waals surface area contributed by atoms with Crippen molar-refractivity contribution in [2.24, 2.45) is 7.05 Å². The van der Waals surface area contributed by atoms with Crippen LogP contribution in [-0.2, 0) is 13.6 Å². The van der Waals surface area contributed by atoms with Gasteiger partial charge in [-0.25, -0.2) is 4.39 Å². The van der Waals surface area contributed by atoms with Gasteiger partial charge in [-0.3, -0.25) is 9.58 Å². The highest BCUT2D eigenvalue weighted by Crippen LogP contribution is 2.33. The Morgan fingerprint density at radius 2 is 2.04 bits per heavy atom. The summed E-state index contributed by atoms with van der Waals surface area (Å²) in [7, 11) is 1.94. The number of nitrogens with zero attached hydrogens (tertiary/aromatic N) is 4. The lowest BCUT2D eigenvalue weighted by molar-refractivity contribution is 0.184. The van der Waals surface area contributed by atoms with Gasteiger partial charge in [0.25, 0.3) is 0 Å². The highest BCUT2D eigenvalue weighted by Gasteiger charge is 2.26. The fraction of sp³-hybridized carbons (Fsp3) is 0.400. The Kier molecular flexibility index (Phi) is 4.84. The molecule has 1 aliphatic heterocycles. The fourth-order valence-electron chi connectivity index (χ4n) is 3.68. The molecular weight excluding hydrogens is 331 g/mol. The number of aromatic nitrogens is 3. The molecule has 0 amide bonds. The maximum atomic E-state index is 13.1. The van der Waals surface area contributed by atoms with E-state index in [2.05, 4.69) is 21.4 Å². The van der Waals surface area contributed by atoms with Crippen LogP contribution in [0.3, 0.4) is 0 Å². The van der Waals surface area contributed by atoms with Crippen LogP contribution in [0.2, 0.25) is 0 Å². The second kappa shape index (κ2) is 7.41. The molecule has 4 rings (SSSR count). The van der Waals surface area contributed by atoms with Crippen LogP contribution in [0.1, 0.15) is 43.0 Å². The molecule has 5 nitrogen and oxygen atoms in total. The van der Waals surface area contributed by atoms with Crippen LogP contribution in [0, 0.1) is 5.82 Å². The fourth-order valence-corrected chi connectivity index (χ4v) is 3.68. The number of likely N-dealkylation sites (tertiary alicyclic amines) is 1. The molecule has 1 aliphatic rings. The Balaban J connectivity index is 1.57. The third-order valence-electron chi connectivity index (χ3n) is 5.01. The van der Waals surface area contributed by atoms with Crippen LogP contribution in [0.5, 0.6) is 0 Å². The van der Waals surface area contributed by atoms with Gasteiger partial charge in [-0.2, -0.15) is 5.10 Å². The van der Waals surface area contributed by atoms with Gasteiger partial charge >= 0.3 is 0 Å². The van der Waals surface area contributed by atoms with Crippen LogP contribution in [0.25, 0.3) is 11.3 Å². The molecule has 1 aromatic carbocycles. The molecule has 136 valence electrons. The molecule has 1 atom stereocenters. The zero-order valence-electron chi connectivity index (χ0n) is 14.9. The zero-order valence-corrected chi connectivity index (χ0v) is 14.9. The number of benzene rings is 1. The van der Waals surface area contributed by atoms with E-state index in [1.807, 2.05) is 24.0 Å². The first-order valence-electron chi connectivity index (χ1n) is 9.13. The van der Waals surface area contributed by atoms with Crippen LogP contribution < -0.4 is 0 Å². The molecule has 3 heterocycles. The topological polar surface area (TPSA) is 47.1 Å². The molecule has 0 bridgehead atoms. The summed E-state index contributed by atoms with van der Waals surface area (Å²) in [4.78, 5) is 2.47. The van der Waals surface area contributed by atoms with Gasteiger partial charge in [0.2, 0.25) is 0 Å². The van der Waals surface area contributed by atoms with Gasteiger partial charge in [0.1, 0.15) is 11.5 Å². The minimum Gasteiger partial charge on any atom is -0.356 e. The number of hydrogen-bond acceptors (Lipinski definition) is 4. The van der Waals surface area contributed by atoms with Crippen LogP contribution in [0.4, 0.5) is 4.39 Å². The summed E-state index contributed by atoms with van der Waals surface area (Å²) in [6.07, 6.45) is 8.67. The van der Waals surface area contributed by atoms with Crippen molar-refractivity contribution in [2.75, 3.05) is 6.54 Å². The van der Waals surface area contributed by atoms with E-state index < -0.39 is 0 Å². The average Bonchev–Trinajstić information content (AvgIpc) is 3.21. The van der Waals surface area contributed by atoms with Crippen LogP contribution >= 0.6 is 0 Å². The zero-order chi connectivity index (χ0) is 17.9. The van der Waals surface area contributed by atoms with Crippen molar-refractivity contribution in [3.05, 3.63) is 59.8 Å². The second-order valence-electron chi connectivity index (χ2n) is 6.98. The molecule has 0 aliphatic carbocycles. The lowest BCUT2D eigenvalue weighted by Gasteiger charge is -2.27. The van der Waals surface area contributed by atoms with Gasteiger partial charge in [-0.1, -0.05) is 18.0 Å². The molecule has 26 heavy (non-hydrogen) atoms. The van der Waals surface area contributed by atoms with Gasteiger partial charge < -0.3 is 4.52 Å². The van der Waals surface area contributed by atoms with E-state index in [4.69, 9.17) is 4.52 Å². The normalized spacial score (nSPS) is 18.8. The number of aryl methyl sites for hydroxylation is 1. The monoisotopic (exact) mass is 354 g/mol. The average molecular weight is 354 g/mol. The summed E-state index contributed by atoms with van der Waals surface area (Å²) in [5.41, 5.74) is 3.01. The molecule has 0 N–H and O–H groups in total. The molecule has 1 fully saturated rings. The molecular formula is C20H23FN4O. The summed E-state index contributed by atoms with van der Waals surface area (Å²) in [5.74, 6) is 0.436. The minimum absolute atomic E-state index is 0.232. The van der Waals surface area contributed by atoms with Crippen LogP contribution in [0.15, 0.2) is 47.2 Å². The van der Waals surface area contributed by atoms with E-state index >= 15 is 0 Å². The van der Waals surface area contributed by atoms with Crippen LogP contribution in [-0.4, -0.2) is 26.4 Å². The first kappa shape index (κ1) is 17.0. The first-order chi connectivity index (χ1) is 12.7. The van der Waals surface area contributed by atoms with Crippen molar-refractivity contribution >= 4 is 0 Å². The maximum Gasteiger partial charge on any atom is 0.167 e. The van der Waals surface area contributed by atoms with E-state index in [1.54, 1.807) is 12.1 Å². The molecule has 0 unspecified atom stereocenters. The SMILES string of the molecule is Cn1cc(CN2CCCCC[C@@H]2c2cc(-c3ccc(F)cc3)on2)cn1. The summed E-state index contributed by atoms with van der Waals surface area (Å²) in [5, 5.41) is 8.63. The quantitative estimate of drug-likeness (QED) is 0.700. The van der Waals surface area contributed by atoms with E-state index in [1.165, 1.54) is 37.0 Å². The second-order valence-corrected chi connectivity index (χ2v) is 6.98. The predicted octanol–water partition coefficient (Wildman–Crippen LogP) is 4.33. The Bertz CT molecular complexity index is 855.